The number of aliphatic hydroxyl groups is 1. The van der Waals surface area contributed by atoms with Crippen molar-refractivity contribution in [3.8, 4) is 0 Å². The molecule has 0 radical (unpaired) electrons. The lowest BCUT2D eigenvalue weighted by Crippen LogP contribution is -2.27. The van der Waals surface area contributed by atoms with Gasteiger partial charge in [0.2, 0.25) is 0 Å². The molecule has 0 bridgehead atoms. The summed E-state index contributed by atoms with van der Waals surface area (Å²) in [6, 6.07) is 0. The molecule has 0 aliphatic carbocycles. The number of esters is 1. The zero-order valence-electron chi connectivity index (χ0n) is 33.9. The summed E-state index contributed by atoms with van der Waals surface area (Å²) >= 11 is 0. The van der Waals surface area contributed by atoms with Gasteiger partial charge < -0.3 is 14.6 Å². The van der Waals surface area contributed by atoms with Gasteiger partial charge in [-0.2, -0.15) is 0 Å². The molecule has 0 aromatic carbocycles. The van der Waals surface area contributed by atoms with Gasteiger partial charge in [-0.3, -0.25) is 4.79 Å². The van der Waals surface area contributed by atoms with Crippen molar-refractivity contribution >= 4 is 5.97 Å². The summed E-state index contributed by atoms with van der Waals surface area (Å²) < 4.78 is 11.1. The van der Waals surface area contributed by atoms with Crippen molar-refractivity contribution in [3.63, 3.8) is 0 Å². The third-order valence-electron chi connectivity index (χ3n) is 9.30. The highest BCUT2D eigenvalue weighted by atomic mass is 16.6. The van der Waals surface area contributed by atoms with E-state index in [9.17, 15) is 9.90 Å². The zero-order valence-corrected chi connectivity index (χ0v) is 33.9. The first-order chi connectivity index (χ1) is 25.2. The van der Waals surface area contributed by atoms with E-state index in [1.807, 2.05) is 0 Å². The summed E-state index contributed by atoms with van der Waals surface area (Å²) in [6.45, 7) is 5.25. The van der Waals surface area contributed by atoms with Gasteiger partial charge >= 0.3 is 5.97 Å². The molecule has 0 saturated carbocycles. The van der Waals surface area contributed by atoms with Crippen LogP contribution in [0.2, 0.25) is 0 Å². The van der Waals surface area contributed by atoms with Gasteiger partial charge in [0.25, 0.3) is 0 Å². The number of hydrogen-bond acceptors (Lipinski definition) is 4. The largest absolute Gasteiger partial charge is 0.457 e. The number of ether oxygens (including phenoxy) is 2. The van der Waals surface area contributed by atoms with Gasteiger partial charge in [-0.25, -0.2) is 0 Å². The number of carbonyl (C=O) groups is 1. The van der Waals surface area contributed by atoms with Crippen LogP contribution < -0.4 is 0 Å². The predicted molar refractivity (Wildman–Crippen MR) is 223 cm³/mol. The van der Waals surface area contributed by atoms with Crippen LogP contribution in [0.25, 0.3) is 0 Å². The molecule has 1 unspecified atom stereocenters. The fourth-order valence-corrected chi connectivity index (χ4v) is 6.02. The third-order valence-corrected chi connectivity index (χ3v) is 9.30. The maximum absolute atomic E-state index is 12.2. The van der Waals surface area contributed by atoms with Crippen LogP contribution in [0, 0.1) is 0 Å². The molecule has 0 spiro atoms. The van der Waals surface area contributed by atoms with Crippen LogP contribution in [0.4, 0.5) is 0 Å². The maximum atomic E-state index is 12.2. The van der Waals surface area contributed by atoms with Gasteiger partial charge in [-0.15, -0.1) is 0 Å². The molecule has 0 heterocycles. The highest BCUT2D eigenvalue weighted by Gasteiger charge is 2.13. The lowest BCUT2D eigenvalue weighted by atomic mass is 10.1. The molecular weight excluding hydrogens is 629 g/mol. The van der Waals surface area contributed by atoms with E-state index in [1.165, 1.54) is 135 Å². The van der Waals surface area contributed by atoms with Gasteiger partial charge in [-0.05, 0) is 77.0 Å². The molecule has 0 amide bonds. The topological polar surface area (TPSA) is 55.8 Å². The minimum atomic E-state index is -0.544. The minimum Gasteiger partial charge on any atom is -0.457 e. The summed E-state index contributed by atoms with van der Waals surface area (Å²) in [5, 5.41) is 9.59. The first kappa shape index (κ1) is 49.1. The predicted octanol–water partition coefficient (Wildman–Crippen LogP) is 14.4. The van der Waals surface area contributed by atoms with E-state index < -0.39 is 6.10 Å². The molecule has 4 heteroatoms. The van der Waals surface area contributed by atoms with Gasteiger partial charge in [0.1, 0.15) is 6.10 Å². The lowest BCUT2D eigenvalue weighted by molar-refractivity contribution is -0.154. The van der Waals surface area contributed by atoms with Crippen LogP contribution in [0.1, 0.15) is 206 Å². The molecule has 0 saturated heterocycles. The quantitative estimate of drug-likeness (QED) is 0.0390. The first-order valence-corrected chi connectivity index (χ1v) is 21.9. The Morgan fingerprint density at radius 1 is 0.471 bits per heavy atom. The fraction of sp³-hybridized carbons (Fsp3) is 0.766. The molecule has 51 heavy (non-hydrogen) atoms. The zero-order chi connectivity index (χ0) is 37.0. The molecule has 0 aromatic heterocycles. The van der Waals surface area contributed by atoms with E-state index in [0.29, 0.717) is 13.0 Å². The van der Waals surface area contributed by atoms with Crippen molar-refractivity contribution in [2.75, 3.05) is 19.8 Å². The van der Waals surface area contributed by atoms with Crippen LogP contribution in [0.3, 0.4) is 0 Å². The lowest BCUT2D eigenvalue weighted by Gasteiger charge is -2.15. The summed E-state index contributed by atoms with van der Waals surface area (Å²) in [5.41, 5.74) is 0. The van der Waals surface area contributed by atoms with E-state index in [0.717, 1.165) is 51.4 Å². The number of rotatable bonds is 40. The molecule has 296 valence electrons. The Morgan fingerprint density at radius 2 is 0.863 bits per heavy atom. The molecule has 0 aliphatic rings. The Balaban J connectivity index is 3.43. The standard InChI is InChI=1S/C47H84O4/c1-3-5-7-9-11-13-15-17-18-19-20-21-22-23-24-25-26-27-28-29-31-33-35-37-39-41-43-50-45-46(44-48)51-47(49)42-40-38-36-34-32-30-16-14-12-10-8-6-4-2/h8,10,14-17,19-20,22-23,46,48H,3-7,9,11-13,18,21,24-45H2,1-2H3/b10-8-,16-14-,17-15-,20-19-,23-22-. The van der Waals surface area contributed by atoms with Crippen molar-refractivity contribution in [2.45, 2.75) is 213 Å². The van der Waals surface area contributed by atoms with E-state index >= 15 is 0 Å². The van der Waals surface area contributed by atoms with Gasteiger partial charge in [0, 0.05) is 13.0 Å². The number of aliphatic hydroxyl groups excluding tert-OH is 1. The molecule has 1 N–H and O–H groups in total. The van der Waals surface area contributed by atoms with Gasteiger partial charge in [0.15, 0.2) is 0 Å². The Bertz CT molecular complexity index is 839. The summed E-state index contributed by atoms with van der Waals surface area (Å²) in [6.07, 6.45) is 58.6. The Kier molecular flexibility index (Phi) is 42.6. The smallest absolute Gasteiger partial charge is 0.306 e. The fourth-order valence-electron chi connectivity index (χ4n) is 6.02. The Labute approximate surface area is 317 Å². The number of allylic oxidation sites excluding steroid dienone is 10. The molecule has 0 fully saturated rings. The highest BCUT2D eigenvalue weighted by Crippen LogP contribution is 2.13. The molecule has 4 nitrogen and oxygen atoms in total. The van der Waals surface area contributed by atoms with Crippen molar-refractivity contribution < 1.29 is 19.4 Å². The van der Waals surface area contributed by atoms with Crippen molar-refractivity contribution in [1.82, 2.24) is 0 Å². The molecule has 0 aromatic rings. The van der Waals surface area contributed by atoms with Crippen LogP contribution in [-0.4, -0.2) is 37.0 Å². The summed E-state index contributed by atoms with van der Waals surface area (Å²) in [5.74, 6) is -0.217. The first-order valence-electron chi connectivity index (χ1n) is 21.9. The molecular formula is C47H84O4. The highest BCUT2D eigenvalue weighted by molar-refractivity contribution is 5.69. The van der Waals surface area contributed by atoms with Crippen LogP contribution in [0.15, 0.2) is 60.8 Å². The minimum absolute atomic E-state index is 0.180. The Morgan fingerprint density at radius 3 is 1.31 bits per heavy atom. The normalized spacial score (nSPS) is 12.9. The second-order valence-electron chi connectivity index (χ2n) is 14.4. The maximum Gasteiger partial charge on any atom is 0.306 e. The number of unbranched alkanes of at least 4 members (excludes halogenated alkanes) is 22. The molecule has 0 rings (SSSR count). The second kappa shape index (κ2) is 44.3. The second-order valence-corrected chi connectivity index (χ2v) is 14.4. The average Bonchev–Trinajstić information content (AvgIpc) is 3.14. The number of hydrogen-bond donors (Lipinski definition) is 1. The van der Waals surface area contributed by atoms with Crippen molar-refractivity contribution in [2.24, 2.45) is 0 Å². The van der Waals surface area contributed by atoms with Crippen molar-refractivity contribution in [3.05, 3.63) is 60.8 Å². The summed E-state index contributed by atoms with van der Waals surface area (Å²) in [4.78, 5) is 12.2. The van der Waals surface area contributed by atoms with E-state index in [-0.39, 0.29) is 19.2 Å². The van der Waals surface area contributed by atoms with Gasteiger partial charge in [-0.1, -0.05) is 184 Å². The van der Waals surface area contributed by atoms with E-state index in [4.69, 9.17) is 9.47 Å². The van der Waals surface area contributed by atoms with E-state index in [2.05, 4.69) is 74.6 Å². The van der Waals surface area contributed by atoms with Crippen molar-refractivity contribution in [1.29, 1.82) is 0 Å². The van der Waals surface area contributed by atoms with Crippen LogP contribution in [-0.2, 0) is 14.3 Å². The van der Waals surface area contributed by atoms with Crippen LogP contribution in [0.5, 0.6) is 0 Å². The molecule has 0 aliphatic heterocycles. The molecule has 1 atom stereocenters. The van der Waals surface area contributed by atoms with Crippen LogP contribution >= 0.6 is 0 Å². The monoisotopic (exact) mass is 713 g/mol. The summed E-state index contributed by atoms with van der Waals surface area (Å²) in [7, 11) is 0. The third kappa shape index (κ3) is 42.4. The SMILES string of the molecule is CCC/C=C\C/C=C\CCCCCCCC(=O)OC(CO)COCCCCCCCCCCCCC/C=C\C/C=C\C/C=C\CCCCCCC. The van der Waals surface area contributed by atoms with E-state index in [1.54, 1.807) is 0 Å². The number of carbonyl (C=O) groups excluding carboxylic acids is 1. The van der Waals surface area contributed by atoms with Gasteiger partial charge in [0.05, 0.1) is 13.2 Å². The Hall–Kier alpha value is -1.91. The average molecular weight is 713 g/mol.